The molecule has 1 fully saturated rings. The van der Waals surface area contributed by atoms with Crippen molar-refractivity contribution in [2.24, 2.45) is 5.73 Å². The maximum atomic E-state index is 5.79. The Bertz CT molecular complexity index is 630. The van der Waals surface area contributed by atoms with Crippen LogP contribution < -0.4 is 15.4 Å². The van der Waals surface area contributed by atoms with E-state index in [-0.39, 0.29) is 12.4 Å². The first-order valence-electron chi connectivity index (χ1n) is 7.35. The fourth-order valence-corrected chi connectivity index (χ4v) is 2.40. The van der Waals surface area contributed by atoms with Gasteiger partial charge in [-0.15, -0.1) is 12.4 Å². The van der Waals surface area contributed by atoms with E-state index in [0.29, 0.717) is 19.8 Å². The van der Waals surface area contributed by atoms with Crippen LogP contribution in [-0.2, 0) is 11.3 Å². The van der Waals surface area contributed by atoms with Crippen molar-refractivity contribution in [3.63, 3.8) is 0 Å². The van der Waals surface area contributed by atoms with Crippen molar-refractivity contribution in [1.29, 1.82) is 0 Å². The van der Waals surface area contributed by atoms with E-state index in [9.17, 15) is 0 Å². The van der Waals surface area contributed by atoms with Gasteiger partial charge in [-0.05, 0) is 30.3 Å². The molecule has 0 spiro atoms. The van der Waals surface area contributed by atoms with Gasteiger partial charge < -0.3 is 20.1 Å². The number of hydrogen-bond acceptors (Lipinski definition) is 6. The molecule has 0 amide bonds. The maximum absolute atomic E-state index is 5.79. The second kappa shape index (κ2) is 8.10. The minimum Gasteiger partial charge on any atom is -0.497 e. The minimum absolute atomic E-state index is 0. The molecule has 1 aromatic carbocycles. The van der Waals surface area contributed by atoms with Crippen molar-refractivity contribution in [3.8, 4) is 17.0 Å². The van der Waals surface area contributed by atoms with Gasteiger partial charge in [-0.25, -0.2) is 9.97 Å². The number of nitrogens with two attached hydrogens (primary N) is 1. The number of anilines is 1. The highest BCUT2D eigenvalue weighted by Gasteiger charge is 2.16. The first-order valence-corrected chi connectivity index (χ1v) is 7.35. The molecule has 6 nitrogen and oxygen atoms in total. The summed E-state index contributed by atoms with van der Waals surface area (Å²) < 4.78 is 10.6. The van der Waals surface area contributed by atoms with Crippen LogP contribution in [0.1, 0.15) is 5.69 Å². The molecule has 3 rings (SSSR count). The van der Waals surface area contributed by atoms with Crippen LogP contribution >= 0.6 is 12.4 Å². The van der Waals surface area contributed by atoms with Crippen LogP contribution in [0, 0.1) is 0 Å². The predicted molar refractivity (Wildman–Crippen MR) is 92.2 cm³/mol. The number of nitrogens with zero attached hydrogens (tertiary/aromatic N) is 3. The monoisotopic (exact) mass is 336 g/mol. The second-order valence-corrected chi connectivity index (χ2v) is 5.08. The molecule has 0 bridgehead atoms. The van der Waals surface area contributed by atoms with Crippen molar-refractivity contribution in [3.05, 3.63) is 36.0 Å². The van der Waals surface area contributed by atoms with Gasteiger partial charge in [0.25, 0.3) is 0 Å². The zero-order chi connectivity index (χ0) is 15.4. The summed E-state index contributed by atoms with van der Waals surface area (Å²) in [5, 5.41) is 0. The Morgan fingerprint density at radius 2 is 1.87 bits per heavy atom. The van der Waals surface area contributed by atoms with E-state index in [1.54, 1.807) is 7.11 Å². The maximum Gasteiger partial charge on any atom is 0.226 e. The molecular formula is C16H21ClN4O2. The molecule has 1 aliphatic rings. The lowest BCUT2D eigenvalue weighted by Crippen LogP contribution is -2.37. The molecule has 7 heteroatoms. The number of methoxy groups -OCH3 is 1. The summed E-state index contributed by atoms with van der Waals surface area (Å²) in [6.45, 7) is 3.40. The summed E-state index contributed by atoms with van der Waals surface area (Å²) in [6.07, 6.45) is 0. The highest BCUT2D eigenvalue weighted by molar-refractivity contribution is 5.85. The van der Waals surface area contributed by atoms with E-state index in [1.165, 1.54) is 0 Å². The van der Waals surface area contributed by atoms with E-state index in [4.69, 9.17) is 20.2 Å². The molecule has 0 radical (unpaired) electrons. The Kier molecular flexibility index (Phi) is 6.15. The molecule has 1 aliphatic heterocycles. The zero-order valence-electron chi connectivity index (χ0n) is 13.1. The number of halogens is 1. The highest BCUT2D eigenvalue weighted by atomic mass is 35.5. The number of morpholine rings is 1. The number of aromatic nitrogens is 2. The molecule has 2 heterocycles. The van der Waals surface area contributed by atoms with Gasteiger partial charge in [0.2, 0.25) is 5.95 Å². The molecule has 124 valence electrons. The highest BCUT2D eigenvalue weighted by Crippen LogP contribution is 2.23. The van der Waals surface area contributed by atoms with Gasteiger partial charge in [-0.2, -0.15) is 0 Å². The zero-order valence-corrected chi connectivity index (χ0v) is 13.9. The Morgan fingerprint density at radius 1 is 1.17 bits per heavy atom. The molecule has 2 aromatic rings. The normalized spacial score (nSPS) is 14.3. The first-order chi connectivity index (χ1) is 10.8. The lowest BCUT2D eigenvalue weighted by molar-refractivity contribution is 0.122. The van der Waals surface area contributed by atoms with Gasteiger partial charge in [0.15, 0.2) is 0 Å². The second-order valence-electron chi connectivity index (χ2n) is 5.08. The molecule has 23 heavy (non-hydrogen) atoms. The van der Waals surface area contributed by atoms with Crippen LogP contribution in [0.25, 0.3) is 11.3 Å². The van der Waals surface area contributed by atoms with E-state index in [1.807, 2.05) is 30.3 Å². The Balaban J connectivity index is 0.00000192. The molecule has 0 atom stereocenters. The smallest absolute Gasteiger partial charge is 0.226 e. The molecule has 0 unspecified atom stereocenters. The van der Waals surface area contributed by atoms with Crippen molar-refractivity contribution < 1.29 is 9.47 Å². The van der Waals surface area contributed by atoms with Crippen molar-refractivity contribution >= 4 is 18.4 Å². The van der Waals surface area contributed by atoms with Gasteiger partial charge in [0.05, 0.1) is 31.7 Å². The third-order valence-corrected chi connectivity index (χ3v) is 3.66. The van der Waals surface area contributed by atoms with Crippen molar-refractivity contribution in [2.75, 3.05) is 38.3 Å². The van der Waals surface area contributed by atoms with Gasteiger partial charge >= 0.3 is 0 Å². The van der Waals surface area contributed by atoms with Crippen LogP contribution in [0.2, 0.25) is 0 Å². The van der Waals surface area contributed by atoms with Crippen LogP contribution in [0.5, 0.6) is 5.75 Å². The molecule has 1 saturated heterocycles. The molecule has 2 N–H and O–H groups in total. The standard InChI is InChI=1S/C16H20N4O2.ClH/c1-21-14-4-2-12(3-5-14)15-10-13(11-17)18-16(19-15)20-6-8-22-9-7-20;/h2-5,10H,6-9,11,17H2,1H3;1H. The summed E-state index contributed by atoms with van der Waals surface area (Å²) >= 11 is 0. The summed E-state index contributed by atoms with van der Waals surface area (Å²) in [5.74, 6) is 1.54. The average Bonchev–Trinajstić information content (AvgIpc) is 2.62. The van der Waals surface area contributed by atoms with Gasteiger partial charge in [0.1, 0.15) is 5.75 Å². The Labute approximate surface area is 142 Å². The number of ether oxygens (including phenoxy) is 2. The van der Waals surface area contributed by atoms with E-state index in [2.05, 4.69) is 9.88 Å². The van der Waals surface area contributed by atoms with E-state index in [0.717, 1.165) is 41.7 Å². The van der Waals surface area contributed by atoms with Crippen LogP contribution in [0.3, 0.4) is 0 Å². The number of hydrogen-bond donors (Lipinski definition) is 1. The quantitative estimate of drug-likeness (QED) is 0.918. The first kappa shape index (κ1) is 17.5. The average molecular weight is 337 g/mol. The summed E-state index contributed by atoms with van der Waals surface area (Å²) in [4.78, 5) is 11.4. The molecular weight excluding hydrogens is 316 g/mol. The fraction of sp³-hybridized carbons (Fsp3) is 0.375. The fourth-order valence-electron chi connectivity index (χ4n) is 2.40. The topological polar surface area (TPSA) is 73.5 Å². The van der Waals surface area contributed by atoms with E-state index < -0.39 is 0 Å². The minimum atomic E-state index is 0. The molecule has 1 aromatic heterocycles. The van der Waals surface area contributed by atoms with Gasteiger partial charge in [-0.3, -0.25) is 0 Å². The third-order valence-electron chi connectivity index (χ3n) is 3.66. The third kappa shape index (κ3) is 4.10. The van der Waals surface area contributed by atoms with Crippen molar-refractivity contribution in [1.82, 2.24) is 9.97 Å². The summed E-state index contributed by atoms with van der Waals surface area (Å²) in [5.41, 5.74) is 8.52. The van der Waals surface area contributed by atoms with Crippen LogP contribution in [0.15, 0.2) is 30.3 Å². The summed E-state index contributed by atoms with van der Waals surface area (Å²) in [7, 11) is 1.66. The Morgan fingerprint density at radius 3 is 2.48 bits per heavy atom. The lowest BCUT2D eigenvalue weighted by atomic mass is 10.1. The van der Waals surface area contributed by atoms with Gasteiger partial charge in [-0.1, -0.05) is 0 Å². The van der Waals surface area contributed by atoms with Crippen molar-refractivity contribution in [2.45, 2.75) is 6.54 Å². The number of rotatable bonds is 4. The molecule has 0 aliphatic carbocycles. The summed E-state index contributed by atoms with van der Waals surface area (Å²) in [6, 6.07) is 9.77. The predicted octanol–water partition coefficient (Wildman–Crippen LogP) is 1.87. The van der Waals surface area contributed by atoms with Crippen LogP contribution in [-0.4, -0.2) is 43.4 Å². The number of benzene rings is 1. The van der Waals surface area contributed by atoms with Crippen LogP contribution in [0.4, 0.5) is 5.95 Å². The lowest BCUT2D eigenvalue weighted by Gasteiger charge is -2.27. The Hall–Kier alpha value is -1.89. The molecule has 0 saturated carbocycles. The van der Waals surface area contributed by atoms with Gasteiger partial charge in [0, 0.05) is 25.2 Å². The van der Waals surface area contributed by atoms with E-state index >= 15 is 0 Å². The SMILES string of the molecule is COc1ccc(-c2cc(CN)nc(N3CCOCC3)n2)cc1.Cl. The largest absolute Gasteiger partial charge is 0.497 e.